The van der Waals surface area contributed by atoms with Gasteiger partial charge >= 0.3 is 0 Å². The van der Waals surface area contributed by atoms with Crippen LogP contribution in [0.4, 0.5) is 5.69 Å². The van der Waals surface area contributed by atoms with E-state index in [-0.39, 0.29) is 5.91 Å². The number of carbonyl (C=O) groups excluding carboxylic acids is 1. The summed E-state index contributed by atoms with van der Waals surface area (Å²) in [5.74, 6) is 1.36. The van der Waals surface area contributed by atoms with Gasteiger partial charge in [-0.3, -0.25) is 4.79 Å². The summed E-state index contributed by atoms with van der Waals surface area (Å²) in [4.78, 5) is 20.8. The molecule has 0 bridgehead atoms. The zero-order valence-corrected chi connectivity index (χ0v) is 13.0. The lowest BCUT2D eigenvalue weighted by molar-refractivity contribution is -0.114. The summed E-state index contributed by atoms with van der Waals surface area (Å²) >= 11 is 0. The molecule has 0 atom stereocenters. The van der Waals surface area contributed by atoms with E-state index in [1.54, 1.807) is 0 Å². The molecule has 0 radical (unpaired) electrons. The quantitative estimate of drug-likeness (QED) is 0.631. The van der Waals surface area contributed by atoms with Gasteiger partial charge in [-0.1, -0.05) is 0 Å². The number of nitrogens with zero attached hydrogens (tertiary/aromatic N) is 4. The first kappa shape index (κ1) is 14.2. The Morgan fingerprint density at radius 1 is 0.875 bits per heavy atom. The largest absolute Gasteiger partial charge is 0.326 e. The molecule has 3 heterocycles. The summed E-state index contributed by atoms with van der Waals surface area (Å²) in [7, 11) is 0. The van der Waals surface area contributed by atoms with Gasteiger partial charge in [0.05, 0.1) is 11.0 Å². The van der Waals surface area contributed by atoms with Crippen LogP contribution in [0, 0.1) is 0 Å². The summed E-state index contributed by atoms with van der Waals surface area (Å²) in [5, 5.41) is 2.77. The normalized spacial score (nSPS) is 10.9. The number of fused-ring (bicyclic) bond motifs is 1. The number of hydrogen-bond donors (Lipinski definition) is 1. The number of amides is 1. The van der Waals surface area contributed by atoms with Crippen LogP contribution in [-0.2, 0) is 4.79 Å². The highest BCUT2D eigenvalue weighted by Gasteiger charge is 2.12. The van der Waals surface area contributed by atoms with Gasteiger partial charge in [-0.2, -0.15) is 0 Å². The maximum Gasteiger partial charge on any atom is 0.221 e. The maximum absolute atomic E-state index is 11.3. The van der Waals surface area contributed by atoms with Crippen molar-refractivity contribution >= 4 is 22.6 Å². The lowest BCUT2D eigenvalue weighted by Crippen LogP contribution is -2.08. The Balaban J connectivity index is 1.94. The van der Waals surface area contributed by atoms with Crippen molar-refractivity contribution < 1.29 is 4.79 Å². The second-order valence-corrected chi connectivity index (χ2v) is 5.44. The number of hydrogen-bond acceptors (Lipinski definition) is 3. The molecule has 6 nitrogen and oxygen atoms in total. The van der Waals surface area contributed by atoms with Gasteiger partial charge in [-0.25, -0.2) is 9.97 Å². The highest BCUT2D eigenvalue weighted by molar-refractivity contribution is 5.91. The van der Waals surface area contributed by atoms with Gasteiger partial charge in [0.15, 0.2) is 11.6 Å². The summed E-state index contributed by atoms with van der Waals surface area (Å²) < 4.78 is 3.86. The monoisotopic (exact) mass is 317 g/mol. The maximum atomic E-state index is 11.3. The van der Waals surface area contributed by atoms with Crippen molar-refractivity contribution in [1.82, 2.24) is 19.1 Å². The molecule has 6 heteroatoms. The molecule has 0 aliphatic heterocycles. The molecule has 4 aromatic rings. The van der Waals surface area contributed by atoms with Gasteiger partial charge in [0.2, 0.25) is 5.91 Å². The minimum atomic E-state index is -0.114. The van der Waals surface area contributed by atoms with Crippen LogP contribution in [0.25, 0.3) is 22.7 Å². The van der Waals surface area contributed by atoms with E-state index in [4.69, 9.17) is 9.97 Å². The Bertz CT molecular complexity index is 1000. The lowest BCUT2D eigenvalue weighted by atomic mass is 10.2. The van der Waals surface area contributed by atoms with E-state index in [2.05, 4.69) is 5.32 Å². The fourth-order valence-electron chi connectivity index (χ4n) is 2.61. The van der Waals surface area contributed by atoms with E-state index in [1.807, 2.05) is 76.4 Å². The summed E-state index contributed by atoms with van der Waals surface area (Å²) in [5.41, 5.74) is 2.20. The zero-order chi connectivity index (χ0) is 16.5. The Hall–Kier alpha value is -3.41. The van der Waals surface area contributed by atoms with Crippen molar-refractivity contribution in [2.45, 2.75) is 6.92 Å². The number of anilines is 1. The molecule has 0 spiro atoms. The second kappa shape index (κ2) is 5.66. The first-order valence-corrected chi connectivity index (χ1v) is 7.57. The van der Waals surface area contributed by atoms with Crippen molar-refractivity contribution in [3.63, 3.8) is 0 Å². The molecular formula is C18H15N5O. The van der Waals surface area contributed by atoms with Crippen molar-refractivity contribution in [3.8, 4) is 11.6 Å². The molecule has 1 aromatic carbocycles. The topological polar surface area (TPSA) is 64.7 Å². The first-order valence-electron chi connectivity index (χ1n) is 7.57. The van der Waals surface area contributed by atoms with Gasteiger partial charge in [-0.05, 0) is 42.5 Å². The Morgan fingerprint density at radius 2 is 1.42 bits per heavy atom. The molecule has 0 fully saturated rings. The number of nitrogens with one attached hydrogen (secondary N) is 1. The number of rotatable bonds is 3. The minimum Gasteiger partial charge on any atom is -0.326 e. The van der Waals surface area contributed by atoms with Crippen LogP contribution >= 0.6 is 0 Å². The Labute approximate surface area is 138 Å². The molecule has 0 aliphatic carbocycles. The molecule has 0 unspecified atom stereocenters. The molecule has 4 rings (SSSR count). The molecule has 24 heavy (non-hydrogen) atoms. The molecule has 0 saturated carbocycles. The van der Waals surface area contributed by atoms with Gasteiger partial charge in [0.1, 0.15) is 0 Å². The third kappa shape index (κ3) is 2.54. The number of benzene rings is 1. The van der Waals surface area contributed by atoms with Gasteiger partial charge in [0, 0.05) is 37.4 Å². The van der Waals surface area contributed by atoms with Crippen molar-refractivity contribution in [1.29, 1.82) is 0 Å². The third-order valence-corrected chi connectivity index (χ3v) is 3.65. The van der Waals surface area contributed by atoms with Gasteiger partial charge in [-0.15, -0.1) is 0 Å². The fraction of sp³-hybridized carbons (Fsp3) is 0.0556. The third-order valence-electron chi connectivity index (χ3n) is 3.65. The Morgan fingerprint density at radius 3 is 1.96 bits per heavy atom. The lowest BCUT2D eigenvalue weighted by Gasteiger charge is -2.12. The average Bonchev–Trinajstić information content (AvgIpc) is 3.26. The molecule has 118 valence electrons. The standard InChI is InChI=1S/C18H15N5O/c1-13(24)19-14-6-7-15-16(12-14)21-18(23-10-4-5-11-23)17(20-15)22-8-2-3-9-22/h2-12H,1H3,(H,19,24). The van der Waals surface area contributed by atoms with Crippen LogP contribution in [-0.4, -0.2) is 25.0 Å². The van der Waals surface area contributed by atoms with Crippen molar-refractivity contribution in [2.24, 2.45) is 0 Å². The van der Waals surface area contributed by atoms with E-state index in [9.17, 15) is 4.79 Å². The molecular weight excluding hydrogens is 302 g/mol. The summed E-state index contributed by atoms with van der Waals surface area (Å²) in [6, 6.07) is 13.3. The van der Waals surface area contributed by atoms with E-state index < -0.39 is 0 Å². The van der Waals surface area contributed by atoms with E-state index in [1.165, 1.54) is 6.92 Å². The number of carbonyl (C=O) groups is 1. The summed E-state index contributed by atoms with van der Waals surface area (Å²) in [6.07, 6.45) is 7.74. The second-order valence-electron chi connectivity index (χ2n) is 5.44. The van der Waals surface area contributed by atoms with Crippen LogP contribution in [0.1, 0.15) is 6.92 Å². The average molecular weight is 317 g/mol. The molecule has 1 amide bonds. The van der Waals surface area contributed by atoms with Crippen molar-refractivity contribution in [2.75, 3.05) is 5.32 Å². The highest BCUT2D eigenvalue weighted by Crippen LogP contribution is 2.22. The van der Waals surface area contributed by atoms with Crippen LogP contribution in [0.5, 0.6) is 0 Å². The fourth-order valence-corrected chi connectivity index (χ4v) is 2.61. The van der Waals surface area contributed by atoms with Crippen LogP contribution < -0.4 is 5.32 Å². The summed E-state index contributed by atoms with van der Waals surface area (Å²) in [6.45, 7) is 1.48. The predicted octanol–water partition coefficient (Wildman–Crippen LogP) is 3.17. The predicted molar refractivity (Wildman–Crippen MR) is 92.5 cm³/mol. The van der Waals surface area contributed by atoms with E-state index in [0.29, 0.717) is 5.69 Å². The van der Waals surface area contributed by atoms with Gasteiger partial charge < -0.3 is 14.5 Å². The van der Waals surface area contributed by atoms with Crippen LogP contribution in [0.15, 0.2) is 67.3 Å². The zero-order valence-electron chi connectivity index (χ0n) is 13.0. The minimum absolute atomic E-state index is 0.114. The number of aromatic nitrogens is 4. The van der Waals surface area contributed by atoms with Crippen LogP contribution in [0.2, 0.25) is 0 Å². The highest BCUT2D eigenvalue weighted by atomic mass is 16.1. The Kier molecular flexibility index (Phi) is 3.35. The van der Waals surface area contributed by atoms with E-state index in [0.717, 1.165) is 22.7 Å². The first-order chi connectivity index (χ1) is 11.7. The van der Waals surface area contributed by atoms with Crippen LogP contribution in [0.3, 0.4) is 0 Å². The molecule has 0 saturated heterocycles. The van der Waals surface area contributed by atoms with E-state index >= 15 is 0 Å². The SMILES string of the molecule is CC(=O)Nc1ccc2nc(-n3cccc3)c(-n3cccc3)nc2c1. The molecule has 0 aliphatic rings. The van der Waals surface area contributed by atoms with Crippen molar-refractivity contribution in [3.05, 3.63) is 67.3 Å². The van der Waals surface area contributed by atoms with Gasteiger partial charge in [0.25, 0.3) is 0 Å². The molecule has 3 aromatic heterocycles. The molecule has 1 N–H and O–H groups in total. The smallest absolute Gasteiger partial charge is 0.221 e.